The number of aliphatic hydroxyl groups is 1. The molecule has 15 heavy (non-hydrogen) atoms. The van der Waals surface area contributed by atoms with Gasteiger partial charge in [-0.25, -0.2) is 8.78 Å². The minimum Gasteiger partial charge on any atom is -0.393 e. The van der Waals surface area contributed by atoms with Crippen molar-refractivity contribution in [1.29, 1.82) is 0 Å². The van der Waals surface area contributed by atoms with Crippen molar-refractivity contribution in [1.82, 2.24) is 0 Å². The first-order valence-electron chi connectivity index (χ1n) is 5.15. The van der Waals surface area contributed by atoms with Crippen LogP contribution in [-0.4, -0.2) is 11.2 Å². The third-order valence-corrected chi connectivity index (χ3v) is 3.33. The lowest BCUT2D eigenvalue weighted by molar-refractivity contribution is 0.175. The van der Waals surface area contributed by atoms with Crippen LogP contribution in [0.4, 0.5) is 8.78 Å². The van der Waals surface area contributed by atoms with Crippen LogP contribution >= 0.6 is 0 Å². The zero-order chi connectivity index (χ0) is 11.1. The maximum absolute atomic E-state index is 13.1. The van der Waals surface area contributed by atoms with Crippen molar-refractivity contribution in [3.8, 4) is 0 Å². The van der Waals surface area contributed by atoms with E-state index in [1.807, 2.05) is 6.92 Å². The molecular weight excluding hydrogens is 198 g/mol. The van der Waals surface area contributed by atoms with Gasteiger partial charge in [0.15, 0.2) is 11.6 Å². The van der Waals surface area contributed by atoms with Crippen molar-refractivity contribution < 1.29 is 13.9 Å². The fraction of sp³-hybridized carbons (Fsp3) is 0.500. The smallest absolute Gasteiger partial charge is 0.159 e. The molecule has 0 heterocycles. The van der Waals surface area contributed by atoms with Crippen molar-refractivity contribution in [2.75, 3.05) is 0 Å². The lowest BCUT2D eigenvalue weighted by Crippen LogP contribution is -2.19. The monoisotopic (exact) mass is 212 g/mol. The molecule has 0 aliphatic heterocycles. The van der Waals surface area contributed by atoms with Crippen molar-refractivity contribution in [3.63, 3.8) is 0 Å². The number of halogens is 2. The molecule has 0 amide bonds. The molecule has 0 radical (unpaired) electrons. The summed E-state index contributed by atoms with van der Waals surface area (Å²) in [6.45, 7) is 1.98. The second kappa shape index (κ2) is 3.56. The van der Waals surface area contributed by atoms with E-state index >= 15 is 0 Å². The van der Waals surface area contributed by atoms with Crippen LogP contribution in [0.15, 0.2) is 18.2 Å². The summed E-state index contributed by atoms with van der Waals surface area (Å²) < 4.78 is 25.8. The highest BCUT2D eigenvalue weighted by Crippen LogP contribution is 2.40. The topological polar surface area (TPSA) is 20.2 Å². The average Bonchev–Trinajstić information content (AvgIpc) is 2.52. The third kappa shape index (κ3) is 1.88. The molecular formula is C12H14F2O. The summed E-state index contributed by atoms with van der Waals surface area (Å²) >= 11 is 0. The molecule has 1 nitrogen and oxygen atoms in total. The van der Waals surface area contributed by atoms with E-state index in [1.165, 1.54) is 6.07 Å². The molecule has 0 spiro atoms. The quantitative estimate of drug-likeness (QED) is 0.759. The van der Waals surface area contributed by atoms with Crippen LogP contribution in [0.2, 0.25) is 0 Å². The Labute approximate surface area is 87.7 Å². The summed E-state index contributed by atoms with van der Waals surface area (Å²) in [5, 5.41) is 9.48. The van der Waals surface area contributed by atoms with Gasteiger partial charge in [-0.2, -0.15) is 0 Å². The molecule has 2 rings (SSSR count). The number of hydrogen-bond donors (Lipinski definition) is 1. The SMILES string of the molecule is CC1(c2ccc(F)c(F)c2)CCC(O)C1. The molecule has 2 atom stereocenters. The fourth-order valence-electron chi connectivity index (χ4n) is 2.34. The van der Waals surface area contributed by atoms with Gasteiger partial charge in [-0.15, -0.1) is 0 Å². The molecule has 1 aromatic rings. The maximum atomic E-state index is 13.1. The summed E-state index contributed by atoms with van der Waals surface area (Å²) in [5.41, 5.74) is 0.562. The molecule has 0 aromatic heterocycles. The Balaban J connectivity index is 2.33. The maximum Gasteiger partial charge on any atom is 0.159 e. The molecule has 82 valence electrons. The predicted octanol–water partition coefficient (Wildman–Crippen LogP) is 2.77. The second-order valence-electron chi connectivity index (χ2n) is 4.59. The Morgan fingerprint density at radius 3 is 2.60 bits per heavy atom. The van der Waals surface area contributed by atoms with Crippen LogP contribution in [0.5, 0.6) is 0 Å². The number of aliphatic hydroxyl groups excluding tert-OH is 1. The highest BCUT2D eigenvalue weighted by molar-refractivity contribution is 5.27. The molecule has 1 aromatic carbocycles. The van der Waals surface area contributed by atoms with Gasteiger partial charge in [-0.1, -0.05) is 13.0 Å². The van der Waals surface area contributed by atoms with E-state index in [0.717, 1.165) is 24.5 Å². The first-order chi connectivity index (χ1) is 7.01. The van der Waals surface area contributed by atoms with E-state index in [9.17, 15) is 13.9 Å². The summed E-state index contributed by atoms with van der Waals surface area (Å²) in [6.07, 6.45) is 1.86. The molecule has 1 aliphatic carbocycles. The Morgan fingerprint density at radius 2 is 2.07 bits per heavy atom. The van der Waals surface area contributed by atoms with Crippen molar-refractivity contribution >= 4 is 0 Å². The fourth-order valence-corrected chi connectivity index (χ4v) is 2.34. The lowest BCUT2D eigenvalue weighted by Gasteiger charge is -2.24. The van der Waals surface area contributed by atoms with Gasteiger partial charge in [0.05, 0.1) is 6.10 Å². The molecule has 2 unspecified atom stereocenters. The van der Waals surface area contributed by atoms with Gasteiger partial charge in [0.2, 0.25) is 0 Å². The van der Waals surface area contributed by atoms with Crippen LogP contribution < -0.4 is 0 Å². The zero-order valence-corrected chi connectivity index (χ0v) is 8.63. The Hall–Kier alpha value is -0.960. The summed E-state index contributed by atoms with van der Waals surface area (Å²) in [7, 11) is 0. The first kappa shape index (κ1) is 10.6. The van der Waals surface area contributed by atoms with Gasteiger partial charge < -0.3 is 5.11 Å². The molecule has 1 aliphatic rings. The molecule has 1 N–H and O–H groups in total. The van der Waals surface area contributed by atoms with E-state index in [-0.39, 0.29) is 11.5 Å². The number of benzene rings is 1. The van der Waals surface area contributed by atoms with Crippen LogP contribution in [0.3, 0.4) is 0 Å². The van der Waals surface area contributed by atoms with Gasteiger partial charge in [-0.3, -0.25) is 0 Å². The van der Waals surface area contributed by atoms with Crippen LogP contribution in [0.1, 0.15) is 31.7 Å². The molecule has 1 saturated carbocycles. The normalized spacial score (nSPS) is 30.8. The van der Waals surface area contributed by atoms with Gasteiger partial charge in [0, 0.05) is 0 Å². The minimum atomic E-state index is -0.819. The first-order valence-corrected chi connectivity index (χ1v) is 5.15. The van der Waals surface area contributed by atoms with Crippen LogP contribution in [0.25, 0.3) is 0 Å². The largest absolute Gasteiger partial charge is 0.393 e. The van der Waals surface area contributed by atoms with E-state index in [4.69, 9.17) is 0 Å². The lowest BCUT2D eigenvalue weighted by atomic mass is 9.81. The van der Waals surface area contributed by atoms with Crippen LogP contribution in [-0.2, 0) is 5.41 Å². The van der Waals surface area contributed by atoms with E-state index in [1.54, 1.807) is 6.07 Å². The summed E-state index contributed by atoms with van der Waals surface area (Å²) in [4.78, 5) is 0. The highest BCUT2D eigenvalue weighted by Gasteiger charge is 2.35. The van der Waals surface area contributed by atoms with Gasteiger partial charge >= 0.3 is 0 Å². The summed E-state index contributed by atoms with van der Waals surface area (Å²) in [6, 6.07) is 4.00. The standard InChI is InChI=1S/C12H14F2O/c1-12(5-4-9(15)7-12)8-2-3-10(13)11(14)6-8/h2-3,6,9,15H,4-5,7H2,1H3. The zero-order valence-electron chi connectivity index (χ0n) is 8.63. The van der Waals surface area contributed by atoms with Crippen molar-refractivity contribution in [2.24, 2.45) is 0 Å². The average molecular weight is 212 g/mol. The van der Waals surface area contributed by atoms with Crippen LogP contribution in [0, 0.1) is 11.6 Å². The van der Waals surface area contributed by atoms with Gasteiger partial charge in [0.25, 0.3) is 0 Å². The number of rotatable bonds is 1. The van der Waals surface area contributed by atoms with Gasteiger partial charge in [-0.05, 0) is 42.4 Å². The number of hydrogen-bond acceptors (Lipinski definition) is 1. The van der Waals surface area contributed by atoms with E-state index < -0.39 is 11.6 Å². The van der Waals surface area contributed by atoms with E-state index in [0.29, 0.717) is 6.42 Å². The summed E-state index contributed by atoms with van der Waals surface area (Å²) in [5.74, 6) is -1.63. The second-order valence-corrected chi connectivity index (χ2v) is 4.59. The Morgan fingerprint density at radius 1 is 1.33 bits per heavy atom. The third-order valence-electron chi connectivity index (χ3n) is 3.33. The highest BCUT2D eigenvalue weighted by atomic mass is 19.2. The van der Waals surface area contributed by atoms with Gasteiger partial charge in [0.1, 0.15) is 0 Å². The Kier molecular flexibility index (Phi) is 2.51. The minimum absolute atomic E-state index is 0.214. The van der Waals surface area contributed by atoms with Crippen molar-refractivity contribution in [2.45, 2.75) is 37.7 Å². The van der Waals surface area contributed by atoms with Crippen molar-refractivity contribution in [3.05, 3.63) is 35.4 Å². The molecule has 0 bridgehead atoms. The molecule has 3 heteroatoms. The molecule has 1 fully saturated rings. The Bertz CT molecular complexity index is 378. The molecule has 0 saturated heterocycles. The van der Waals surface area contributed by atoms with E-state index in [2.05, 4.69) is 0 Å². The predicted molar refractivity (Wildman–Crippen MR) is 53.6 cm³/mol.